The van der Waals surface area contributed by atoms with Gasteiger partial charge in [0.15, 0.2) is 0 Å². The van der Waals surface area contributed by atoms with Crippen molar-refractivity contribution in [2.45, 2.75) is 31.3 Å². The molecule has 0 saturated heterocycles. The summed E-state index contributed by atoms with van der Waals surface area (Å²) in [6, 6.07) is 11.6. The van der Waals surface area contributed by atoms with E-state index in [0.29, 0.717) is 11.4 Å². The maximum atomic E-state index is 11.6. The van der Waals surface area contributed by atoms with E-state index in [9.17, 15) is 4.79 Å². The average molecular weight is 305 g/mol. The Labute approximate surface area is 128 Å². The summed E-state index contributed by atoms with van der Waals surface area (Å²) in [6.07, 6.45) is 3.11. The molecule has 0 aliphatic heterocycles. The maximum Gasteiger partial charge on any atom is 0.309 e. The molecule has 0 atom stereocenters. The van der Waals surface area contributed by atoms with Gasteiger partial charge >= 0.3 is 5.97 Å². The molecule has 1 fully saturated rings. The monoisotopic (exact) mass is 304 g/mol. The molecule has 0 bridgehead atoms. The zero-order chi connectivity index (χ0) is 14.9. The fourth-order valence-corrected chi connectivity index (χ4v) is 3.01. The van der Waals surface area contributed by atoms with Crippen LogP contribution in [0, 0.1) is 0 Å². The standard InChI is InChI=1S/C17H17ClO3/c1-20-16(19)11-17(9-4-10-17)21-15-8-7-14(18)12-5-2-3-6-13(12)15/h2-3,5-8H,4,9-11H2,1H3. The predicted octanol–water partition coefficient (Wildman–Crippen LogP) is 4.36. The van der Waals surface area contributed by atoms with Gasteiger partial charge in [-0.05, 0) is 31.4 Å². The van der Waals surface area contributed by atoms with Gasteiger partial charge in [-0.15, -0.1) is 0 Å². The van der Waals surface area contributed by atoms with Crippen LogP contribution in [0.4, 0.5) is 0 Å². The number of benzene rings is 2. The molecule has 2 aromatic rings. The fraction of sp³-hybridized carbons (Fsp3) is 0.353. The van der Waals surface area contributed by atoms with Gasteiger partial charge in [0, 0.05) is 15.8 Å². The van der Waals surface area contributed by atoms with Crippen LogP contribution in [0.3, 0.4) is 0 Å². The van der Waals surface area contributed by atoms with Crippen LogP contribution in [-0.4, -0.2) is 18.7 Å². The van der Waals surface area contributed by atoms with Crippen LogP contribution in [0.1, 0.15) is 25.7 Å². The fourth-order valence-electron chi connectivity index (χ4n) is 2.78. The molecule has 4 heteroatoms. The lowest BCUT2D eigenvalue weighted by Gasteiger charge is -2.41. The van der Waals surface area contributed by atoms with Crippen LogP contribution in [0.5, 0.6) is 5.75 Å². The number of hydrogen-bond donors (Lipinski definition) is 0. The molecule has 1 aliphatic carbocycles. The Morgan fingerprint density at radius 3 is 2.52 bits per heavy atom. The lowest BCUT2D eigenvalue weighted by Crippen LogP contribution is -2.45. The number of rotatable bonds is 4. The largest absolute Gasteiger partial charge is 0.486 e. The molecular formula is C17H17ClO3. The van der Waals surface area contributed by atoms with Gasteiger partial charge in [0.1, 0.15) is 11.4 Å². The number of fused-ring (bicyclic) bond motifs is 1. The zero-order valence-corrected chi connectivity index (χ0v) is 12.7. The maximum absolute atomic E-state index is 11.6. The first kappa shape index (κ1) is 14.2. The summed E-state index contributed by atoms with van der Waals surface area (Å²) >= 11 is 6.23. The minimum atomic E-state index is -0.427. The average Bonchev–Trinajstić information content (AvgIpc) is 2.47. The van der Waals surface area contributed by atoms with Crippen molar-refractivity contribution < 1.29 is 14.3 Å². The first-order valence-corrected chi connectivity index (χ1v) is 7.44. The third-order valence-electron chi connectivity index (χ3n) is 4.12. The summed E-state index contributed by atoms with van der Waals surface area (Å²) in [6.45, 7) is 0. The van der Waals surface area contributed by atoms with E-state index in [-0.39, 0.29) is 5.97 Å². The minimum absolute atomic E-state index is 0.229. The van der Waals surface area contributed by atoms with Crippen LogP contribution in [0.15, 0.2) is 36.4 Å². The highest BCUT2D eigenvalue weighted by Crippen LogP contribution is 2.42. The third kappa shape index (κ3) is 2.70. The van der Waals surface area contributed by atoms with Gasteiger partial charge < -0.3 is 9.47 Å². The Kier molecular flexibility index (Phi) is 3.77. The number of carbonyl (C=O) groups excluding carboxylic acids is 1. The van der Waals surface area contributed by atoms with Crippen LogP contribution < -0.4 is 4.74 Å². The molecule has 0 spiro atoms. The molecule has 0 heterocycles. The van der Waals surface area contributed by atoms with Gasteiger partial charge in [-0.2, -0.15) is 0 Å². The molecule has 1 saturated carbocycles. The van der Waals surface area contributed by atoms with Crippen molar-refractivity contribution in [1.29, 1.82) is 0 Å². The Hall–Kier alpha value is -1.74. The van der Waals surface area contributed by atoms with Gasteiger partial charge in [0.05, 0.1) is 13.5 Å². The molecule has 21 heavy (non-hydrogen) atoms. The quantitative estimate of drug-likeness (QED) is 0.787. The zero-order valence-electron chi connectivity index (χ0n) is 11.9. The van der Waals surface area contributed by atoms with Crippen molar-refractivity contribution in [2.75, 3.05) is 7.11 Å². The smallest absolute Gasteiger partial charge is 0.309 e. The second-order valence-corrected chi connectivity index (χ2v) is 5.89. The predicted molar refractivity (Wildman–Crippen MR) is 82.8 cm³/mol. The van der Waals surface area contributed by atoms with Crippen LogP contribution in [-0.2, 0) is 9.53 Å². The highest BCUT2D eigenvalue weighted by atomic mass is 35.5. The number of hydrogen-bond acceptors (Lipinski definition) is 3. The number of esters is 1. The van der Waals surface area contributed by atoms with Crippen LogP contribution >= 0.6 is 11.6 Å². The molecule has 110 valence electrons. The normalized spacial score (nSPS) is 16.3. The van der Waals surface area contributed by atoms with Crippen molar-refractivity contribution in [3.63, 3.8) is 0 Å². The van der Waals surface area contributed by atoms with Crippen molar-refractivity contribution in [3.8, 4) is 5.75 Å². The van der Waals surface area contributed by atoms with Crippen molar-refractivity contribution >= 4 is 28.3 Å². The lowest BCUT2D eigenvalue weighted by molar-refractivity contribution is -0.148. The van der Waals surface area contributed by atoms with Crippen molar-refractivity contribution in [3.05, 3.63) is 41.4 Å². The molecule has 3 nitrogen and oxygen atoms in total. The summed E-state index contributed by atoms with van der Waals surface area (Å²) in [5.41, 5.74) is -0.427. The van der Waals surface area contributed by atoms with Crippen LogP contribution in [0.2, 0.25) is 5.02 Å². The molecule has 1 aliphatic rings. The van der Waals surface area contributed by atoms with E-state index in [1.165, 1.54) is 7.11 Å². The van der Waals surface area contributed by atoms with Gasteiger partial charge in [-0.1, -0.05) is 35.9 Å². The van der Waals surface area contributed by atoms with Gasteiger partial charge in [0.25, 0.3) is 0 Å². The number of carbonyl (C=O) groups is 1. The first-order chi connectivity index (χ1) is 10.1. The third-order valence-corrected chi connectivity index (χ3v) is 4.45. The van der Waals surface area contributed by atoms with Gasteiger partial charge in [-0.3, -0.25) is 4.79 Å². The molecule has 2 aromatic carbocycles. The molecule has 0 radical (unpaired) electrons. The summed E-state index contributed by atoms with van der Waals surface area (Å²) in [5, 5.41) is 2.64. The van der Waals surface area contributed by atoms with E-state index in [4.69, 9.17) is 21.1 Å². The molecule has 3 rings (SSSR count). The van der Waals surface area contributed by atoms with Crippen molar-refractivity contribution in [2.24, 2.45) is 0 Å². The Balaban J connectivity index is 1.94. The second kappa shape index (κ2) is 5.57. The van der Waals surface area contributed by atoms with E-state index in [2.05, 4.69) is 0 Å². The Bertz CT molecular complexity index is 677. The topological polar surface area (TPSA) is 35.5 Å². The highest BCUT2D eigenvalue weighted by molar-refractivity contribution is 6.35. The second-order valence-electron chi connectivity index (χ2n) is 5.48. The van der Waals surface area contributed by atoms with Gasteiger partial charge in [-0.25, -0.2) is 0 Å². The van der Waals surface area contributed by atoms with E-state index in [0.717, 1.165) is 35.8 Å². The summed E-state index contributed by atoms with van der Waals surface area (Å²) in [4.78, 5) is 11.6. The SMILES string of the molecule is COC(=O)CC1(Oc2ccc(Cl)c3ccccc23)CCC1. The summed E-state index contributed by atoms with van der Waals surface area (Å²) < 4.78 is 11.0. The van der Waals surface area contributed by atoms with Gasteiger partial charge in [0.2, 0.25) is 0 Å². The van der Waals surface area contributed by atoms with E-state index in [1.807, 2.05) is 36.4 Å². The van der Waals surface area contributed by atoms with E-state index in [1.54, 1.807) is 0 Å². The summed E-state index contributed by atoms with van der Waals surface area (Å²) in [7, 11) is 1.41. The molecule has 0 aromatic heterocycles. The number of methoxy groups -OCH3 is 1. The summed E-state index contributed by atoms with van der Waals surface area (Å²) in [5.74, 6) is 0.548. The first-order valence-electron chi connectivity index (χ1n) is 7.07. The Morgan fingerprint density at radius 1 is 1.19 bits per heavy atom. The number of ether oxygens (including phenoxy) is 2. The Morgan fingerprint density at radius 2 is 1.90 bits per heavy atom. The van der Waals surface area contributed by atoms with E-state index < -0.39 is 5.60 Å². The molecular weight excluding hydrogens is 288 g/mol. The van der Waals surface area contributed by atoms with Crippen molar-refractivity contribution in [1.82, 2.24) is 0 Å². The number of halogens is 1. The lowest BCUT2D eigenvalue weighted by atomic mass is 9.77. The highest BCUT2D eigenvalue weighted by Gasteiger charge is 2.42. The van der Waals surface area contributed by atoms with Crippen LogP contribution in [0.25, 0.3) is 10.8 Å². The molecule has 0 unspecified atom stereocenters. The minimum Gasteiger partial charge on any atom is -0.486 e. The molecule has 0 N–H and O–H groups in total. The van der Waals surface area contributed by atoms with E-state index >= 15 is 0 Å². The molecule has 0 amide bonds.